The first-order chi connectivity index (χ1) is 7.81. The van der Waals surface area contributed by atoms with Crippen molar-refractivity contribution in [3.63, 3.8) is 0 Å². The van der Waals surface area contributed by atoms with Gasteiger partial charge in [0.15, 0.2) is 0 Å². The van der Waals surface area contributed by atoms with Gasteiger partial charge in [0.1, 0.15) is 0 Å². The zero-order valence-electron chi connectivity index (χ0n) is 8.86. The fraction of sp³-hybridized carbons (Fsp3) is 0.333. The van der Waals surface area contributed by atoms with Crippen LogP contribution in [0.1, 0.15) is 5.56 Å². The molecule has 8 heteroatoms. The van der Waals surface area contributed by atoms with Crippen molar-refractivity contribution in [3.8, 4) is 5.88 Å². The first kappa shape index (κ1) is 15.2. The number of ether oxygens (including phenoxy) is 1. The molecule has 1 heterocycles. The average Bonchev–Trinajstić information content (AvgIpc) is 2.28. The van der Waals surface area contributed by atoms with Crippen molar-refractivity contribution in [1.82, 2.24) is 4.98 Å². The first-order valence-electron chi connectivity index (χ1n) is 4.30. The Morgan fingerprint density at radius 3 is 2.47 bits per heavy atom. The summed E-state index contributed by atoms with van der Waals surface area (Å²) in [7, 11) is 1.59. The van der Waals surface area contributed by atoms with Gasteiger partial charge in [-0.1, -0.05) is 0 Å². The molecule has 0 atom stereocenters. The minimum Gasteiger partial charge on any atom is -0.481 e. The van der Waals surface area contributed by atoms with Crippen LogP contribution in [0.5, 0.6) is 5.88 Å². The van der Waals surface area contributed by atoms with E-state index in [9.17, 15) is 13.2 Å². The number of rotatable bonds is 2. The van der Waals surface area contributed by atoms with Crippen molar-refractivity contribution in [3.05, 3.63) is 23.9 Å². The molecular weight excluding hydrogens is 241 g/mol. The molecule has 0 bridgehead atoms. The van der Waals surface area contributed by atoms with Gasteiger partial charge >= 0.3 is 12.1 Å². The third-order valence-electron chi connectivity index (χ3n) is 1.49. The number of nitrogens with zero attached hydrogens (tertiary/aromatic N) is 1. The number of carboxylic acids is 1. The lowest BCUT2D eigenvalue weighted by molar-refractivity contribution is -0.192. The van der Waals surface area contributed by atoms with Gasteiger partial charge < -0.3 is 15.6 Å². The van der Waals surface area contributed by atoms with Gasteiger partial charge in [0, 0.05) is 18.8 Å². The number of alkyl halides is 3. The SMILES string of the molecule is COc1cc(CN)ccn1.O=C(O)C(F)(F)F. The van der Waals surface area contributed by atoms with Crippen molar-refractivity contribution in [2.24, 2.45) is 5.73 Å². The van der Waals surface area contributed by atoms with Gasteiger partial charge in [0.05, 0.1) is 7.11 Å². The van der Waals surface area contributed by atoms with E-state index in [1.807, 2.05) is 12.1 Å². The van der Waals surface area contributed by atoms with Gasteiger partial charge in [-0.3, -0.25) is 0 Å². The lowest BCUT2D eigenvalue weighted by Gasteiger charge is -1.98. The molecule has 0 aliphatic rings. The molecule has 0 unspecified atom stereocenters. The minimum absolute atomic E-state index is 0.527. The summed E-state index contributed by atoms with van der Waals surface area (Å²) in [6.07, 6.45) is -3.40. The Morgan fingerprint density at radius 1 is 1.59 bits per heavy atom. The number of hydrogen-bond donors (Lipinski definition) is 2. The van der Waals surface area contributed by atoms with Gasteiger partial charge in [-0.05, 0) is 11.6 Å². The number of hydrogen-bond acceptors (Lipinski definition) is 4. The van der Waals surface area contributed by atoms with Gasteiger partial charge in [-0.15, -0.1) is 0 Å². The number of carbonyl (C=O) groups is 1. The first-order valence-corrected chi connectivity index (χ1v) is 4.30. The van der Waals surface area contributed by atoms with E-state index in [1.165, 1.54) is 0 Å². The third kappa shape index (κ3) is 6.36. The van der Waals surface area contributed by atoms with Crippen LogP contribution in [0.2, 0.25) is 0 Å². The highest BCUT2D eigenvalue weighted by atomic mass is 19.4. The highest BCUT2D eigenvalue weighted by Gasteiger charge is 2.38. The largest absolute Gasteiger partial charge is 0.490 e. The summed E-state index contributed by atoms with van der Waals surface area (Å²) in [5, 5.41) is 7.12. The van der Waals surface area contributed by atoms with Crippen molar-refractivity contribution >= 4 is 5.97 Å². The number of methoxy groups -OCH3 is 1. The van der Waals surface area contributed by atoms with E-state index < -0.39 is 12.1 Å². The molecule has 0 saturated heterocycles. The van der Waals surface area contributed by atoms with Gasteiger partial charge in [0.25, 0.3) is 0 Å². The van der Waals surface area contributed by atoms with E-state index in [2.05, 4.69) is 4.98 Å². The van der Waals surface area contributed by atoms with Crippen LogP contribution in [0.4, 0.5) is 13.2 Å². The molecule has 0 spiro atoms. The molecule has 0 saturated carbocycles. The maximum atomic E-state index is 10.6. The average molecular weight is 252 g/mol. The molecule has 0 aliphatic heterocycles. The standard InChI is InChI=1S/C7H10N2O.C2HF3O2/c1-10-7-4-6(5-8)2-3-9-7;3-2(4,5)1(6)7/h2-4H,5,8H2,1H3;(H,6,7). The van der Waals surface area contributed by atoms with Crippen LogP contribution in [-0.4, -0.2) is 29.3 Å². The topological polar surface area (TPSA) is 85.4 Å². The molecule has 3 N–H and O–H groups in total. The minimum atomic E-state index is -5.08. The Hall–Kier alpha value is -1.83. The van der Waals surface area contributed by atoms with Crippen molar-refractivity contribution in [2.75, 3.05) is 7.11 Å². The summed E-state index contributed by atoms with van der Waals surface area (Å²) >= 11 is 0. The molecule has 0 radical (unpaired) electrons. The molecule has 0 fully saturated rings. The van der Waals surface area contributed by atoms with E-state index in [-0.39, 0.29) is 0 Å². The van der Waals surface area contributed by atoms with Crippen LogP contribution in [0.3, 0.4) is 0 Å². The molecule has 1 rings (SSSR count). The Bertz CT molecular complexity index is 349. The van der Waals surface area contributed by atoms with E-state index in [0.29, 0.717) is 12.4 Å². The predicted molar refractivity (Wildman–Crippen MR) is 52.4 cm³/mol. The maximum Gasteiger partial charge on any atom is 0.490 e. The van der Waals surface area contributed by atoms with Crippen LogP contribution in [0.15, 0.2) is 18.3 Å². The maximum absolute atomic E-state index is 10.6. The highest BCUT2D eigenvalue weighted by Crippen LogP contribution is 2.13. The number of halogens is 3. The Morgan fingerprint density at radius 2 is 2.12 bits per heavy atom. The fourth-order valence-electron chi connectivity index (χ4n) is 0.689. The van der Waals surface area contributed by atoms with Crippen LogP contribution in [0.25, 0.3) is 0 Å². The van der Waals surface area contributed by atoms with Crippen molar-refractivity contribution < 1.29 is 27.8 Å². The predicted octanol–water partition coefficient (Wildman–Crippen LogP) is 1.18. The van der Waals surface area contributed by atoms with Gasteiger partial charge in [-0.25, -0.2) is 9.78 Å². The number of aromatic nitrogens is 1. The van der Waals surface area contributed by atoms with Crippen LogP contribution >= 0.6 is 0 Å². The molecule has 0 amide bonds. The highest BCUT2D eigenvalue weighted by molar-refractivity contribution is 5.73. The summed E-state index contributed by atoms with van der Waals surface area (Å²) < 4.78 is 36.6. The molecule has 1 aromatic rings. The molecule has 5 nitrogen and oxygen atoms in total. The monoisotopic (exact) mass is 252 g/mol. The van der Waals surface area contributed by atoms with Crippen molar-refractivity contribution in [1.29, 1.82) is 0 Å². The summed E-state index contributed by atoms with van der Waals surface area (Å²) in [6.45, 7) is 0.527. The van der Waals surface area contributed by atoms with Gasteiger partial charge in [0.2, 0.25) is 5.88 Å². The zero-order chi connectivity index (χ0) is 13.5. The zero-order valence-corrected chi connectivity index (χ0v) is 8.86. The van der Waals surface area contributed by atoms with E-state index in [4.69, 9.17) is 20.4 Å². The Kier molecular flexibility index (Phi) is 5.97. The number of nitrogens with two attached hydrogens (primary N) is 1. The molecule has 1 aromatic heterocycles. The van der Waals surface area contributed by atoms with Crippen LogP contribution in [-0.2, 0) is 11.3 Å². The lowest BCUT2D eigenvalue weighted by atomic mass is 10.3. The second-order valence-corrected chi connectivity index (χ2v) is 2.71. The number of aliphatic carboxylic acids is 1. The normalized spacial score (nSPS) is 10.2. The second-order valence-electron chi connectivity index (χ2n) is 2.71. The molecule has 17 heavy (non-hydrogen) atoms. The van der Waals surface area contributed by atoms with Crippen molar-refractivity contribution in [2.45, 2.75) is 12.7 Å². The molecule has 96 valence electrons. The summed E-state index contributed by atoms with van der Waals surface area (Å²) in [5.74, 6) is -2.14. The summed E-state index contributed by atoms with van der Waals surface area (Å²) in [5.41, 5.74) is 6.42. The molecular formula is C9H11F3N2O3. The smallest absolute Gasteiger partial charge is 0.481 e. The van der Waals surface area contributed by atoms with Crippen LogP contribution in [0, 0.1) is 0 Å². The summed E-state index contributed by atoms with van der Waals surface area (Å²) in [6, 6.07) is 3.68. The molecule has 0 aliphatic carbocycles. The Labute approximate surface area is 95.0 Å². The van der Waals surface area contributed by atoms with Crippen LogP contribution < -0.4 is 10.5 Å². The second kappa shape index (κ2) is 6.69. The molecule has 0 aromatic carbocycles. The van der Waals surface area contributed by atoms with E-state index in [1.54, 1.807) is 13.3 Å². The number of pyridine rings is 1. The lowest BCUT2D eigenvalue weighted by Crippen LogP contribution is -2.21. The third-order valence-corrected chi connectivity index (χ3v) is 1.49. The Balaban J connectivity index is 0.000000325. The summed E-state index contributed by atoms with van der Waals surface area (Å²) in [4.78, 5) is 12.8. The van der Waals surface area contributed by atoms with E-state index in [0.717, 1.165) is 5.56 Å². The number of carboxylic acid groups (broad SMARTS) is 1. The van der Waals surface area contributed by atoms with Gasteiger partial charge in [-0.2, -0.15) is 13.2 Å². The fourth-order valence-corrected chi connectivity index (χ4v) is 0.689. The van der Waals surface area contributed by atoms with E-state index >= 15 is 0 Å². The quantitative estimate of drug-likeness (QED) is 0.825.